The highest BCUT2D eigenvalue weighted by molar-refractivity contribution is 5.87. The molecule has 1 aliphatic heterocycles. The van der Waals surface area contributed by atoms with E-state index in [0.717, 1.165) is 6.42 Å². The molecule has 0 aromatic carbocycles. The predicted molar refractivity (Wildman–Crippen MR) is 91.2 cm³/mol. The van der Waals surface area contributed by atoms with Crippen LogP contribution in [0.1, 0.15) is 40.0 Å². The minimum absolute atomic E-state index is 0.158. The average molecular weight is 338 g/mol. The van der Waals surface area contributed by atoms with Gasteiger partial charge in [0.2, 0.25) is 5.91 Å². The Morgan fingerprint density at radius 2 is 1.92 bits per heavy atom. The lowest BCUT2D eigenvalue weighted by Gasteiger charge is -2.29. The largest absolute Gasteiger partial charge is 0.378 e. The SMILES string of the molecule is CC(C)C[C@H](NC(=O)N1CCOCC1)C(=O)NCCC(C)CC#N. The molecule has 1 unspecified atom stereocenters. The van der Waals surface area contributed by atoms with Crippen molar-refractivity contribution in [3.63, 3.8) is 0 Å². The van der Waals surface area contributed by atoms with E-state index in [-0.39, 0.29) is 17.9 Å². The van der Waals surface area contributed by atoms with Crippen LogP contribution in [-0.2, 0) is 9.53 Å². The first kappa shape index (κ1) is 20.2. The molecule has 0 saturated carbocycles. The number of ether oxygens (including phenoxy) is 1. The standard InChI is InChI=1S/C17H30N4O3/c1-13(2)12-15(16(22)19-7-5-14(3)4-6-18)20-17(23)21-8-10-24-11-9-21/h13-15H,4-5,7-12H2,1-3H3,(H,19,22)(H,20,23)/t14?,15-/m0/s1. The van der Waals surface area contributed by atoms with Gasteiger partial charge in [-0.25, -0.2) is 4.79 Å². The summed E-state index contributed by atoms with van der Waals surface area (Å²) in [6.07, 6.45) is 1.83. The maximum absolute atomic E-state index is 12.4. The number of nitriles is 1. The number of nitrogens with one attached hydrogen (secondary N) is 2. The number of urea groups is 1. The van der Waals surface area contributed by atoms with E-state index in [1.165, 1.54) is 0 Å². The Balaban J connectivity index is 2.49. The molecular formula is C17H30N4O3. The average Bonchev–Trinajstić information content (AvgIpc) is 2.54. The van der Waals surface area contributed by atoms with Crippen molar-refractivity contribution < 1.29 is 14.3 Å². The smallest absolute Gasteiger partial charge is 0.318 e. The normalized spacial score (nSPS) is 17.0. The topological polar surface area (TPSA) is 94.5 Å². The molecular weight excluding hydrogens is 308 g/mol. The molecule has 0 spiro atoms. The number of carbonyl (C=O) groups is 2. The lowest BCUT2D eigenvalue weighted by Crippen LogP contribution is -2.54. The van der Waals surface area contributed by atoms with Gasteiger partial charge in [-0.05, 0) is 24.7 Å². The summed E-state index contributed by atoms with van der Waals surface area (Å²) in [6.45, 7) is 8.72. The maximum atomic E-state index is 12.4. The number of nitrogens with zero attached hydrogens (tertiary/aromatic N) is 2. The zero-order valence-electron chi connectivity index (χ0n) is 15.0. The number of hydrogen-bond acceptors (Lipinski definition) is 4. The maximum Gasteiger partial charge on any atom is 0.318 e. The third kappa shape index (κ3) is 7.64. The van der Waals surface area contributed by atoms with Crippen LogP contribution in [0.5, 0.6) is 0 Å². The summed E-state index contributed by atoms with van der Waals surface area (Å²) in [5.74, 6) is 0.388. The van der Waals surface area contributed by atoms with Gasteiger partial charge in [0.15, 0.2) is 0 Å². The molecule has 136 valence electrons. The van der Waals surface area contributed by atoms with Gasteiger partial charge in [-0.2, -0.15) is 5.26 Å². The van der Waals surface area contributed by atoms with Crippen molar-refractivity contribution in [2.75, 3.05) is 32.8 Å². The van der Waals surface area contributed by atoms with E-state index >= 15 is 0 Å². The highest BCUT2D eigenvalue weighted by atomic mass is 16.5. The van der Waals surface area contributed by atoms with E-state index < -0.39 is 6.04 Å². The van der Waals surface area contributed by atoms with Crippen LogP contribution in [0.25, 0.3) is 0 Å². The fraction of sp³-hybridized carbons (Fsp3) is 0.824. The second-order valence-corrected chi connectivity index (χ2v) is 6.78. The van der Waals surface area contributed by atoms with Crippen molar-refractivity contribution in [2.45, 2.75) is 46.1 Å². The van der Waals surface area contributed by atoms with Gasteiger partial charge in [-0.15, -0.1) is 0 Å². The molecule has 0 radical (unpaired) electrons. The zero-order valence-corrected chi connectivity index (χ0v) is 15.0. The Morgan fingerprint density at radius 1 is 1.25 bits per heavy atom. The molecule has 2 N–H and O–H groups in total. The molecule has 7 heteroatoms. The highest BCUT2D eigenvalue weighted by Crippen LogP contribution is 2.08. The molecule has 1 rings (SSSR count). The van der Waals surface area contributed by atoms with Crippen LogP contribution in [0.15, 0.2) is 0 Å². The summed E-state index contributed by atoms with van der Waals surface area (Å²) in [5, 5.41) is 14.4. The van der Waals surface area contributed by atoms with E-state index in [1.54, 1.807) is 4.90 Å². The van der Waals surface area contributed by atoms with E-state index in [0.29, 0.717) is 51.6 Å². The Morgan fingerprint density at radius 3 is 2.50 bits per heavy atom. The van der Waals surface area contributed by atoms with Crippen LogP contribution in [0.2, 0.25) is 0 Å². The first-order chi connectivity index (χ1) is 11.4. The highest BCUT2D eigenvalue weighted by Gasteiger charge is 2.25. The third-order valence-corrected chi connectivity index (χ3v) is 4.00. The second-order valence-electron chi connectivity index (χ2n) is 6.78. The van der Waals surface area contributed by atoms with Gasteiger partial charge in [0.25, 0.3) is 0 Å². The third-order valence-electron chi connectivity index (χ3n) is 4.00. The molecule has 0 aromatic rings. The van der Waals surface area contributed by atoms with E-state index in [1.807, 2.05) is 20.8 Å². The van der Waals surface area contributed by atoms with Crippen molar-refractivity contribution in [3.8, 4) is 6.07 Å². The summed E-state index contributed by atoms with van der Waals surface area (Å²) in [6, 6.07) is 1.38. The van der Waals surface area contributed by atoms with Crippen LogP contribution in [0, 0.1) is 23.2 Å². The monoisotopic (exact) mass is 338 g/mol. The Bertz CT molecular complexity index is 442. The quantitative estimate of drug-likeness (QED) is 0.701. The summed E-state index contributed by atoms with van der Waals surface area (Å²) < 4.78 is 5.24. The number of morpholine rings is 1. The number of amides is 3. The molecule has 1 aliphatic rings. The molecule has 1 heterocycles. The van der Waals surface area contributed by atoms with Gasteiger partial charge >= 0.3 is 6.03 Å². The summed E-state index contributed by atoms with van der Waals surface area (Å²) >= 11 is 0. The van der Waals surface area contributed by atoms with Crippen LogP contribution in [0.3, 0.4) is 0 Å². The van der Waals surface area contributed by atoms with E-state index in [4.69, 9.17) is 10.00 Å². The van der Waals surface area contributed by atoms with Gasteiger partial charge in [0.1, 0.15) is 6.04 Å². The second kappa shape index (κ2) is 10.9. The number of rotatable bonds is 8. The lowest BCUT2D eigenvalue weighted by atomic mass is 10.0. The minimum Gasteiger partial charge on any atom is -0.378 e. The van der Waals surface area contributed by atoms with Crippen LogP contribution in [0.4, 0.5) is 4.79 Å². The van der Waals surface area contributed by atoms with Crippen molar-refractivity contribution in [3.05, 3.63) is 0 Å². The van der Waals surface area contributed by atoms with Gasteiger partial charge in [-0.1, -0.05) is 20.8 Å². The first-order valence-electron chi connectivity index (χ1n) is 8.71. The van der Waals surface area contributed by atoms with Crippen LogP contribution in [-0.4, -0.2) is 55.7 Å². The molecule has 1 saturated heterocycles. The minimum atomic E-state index is -0.536. The molecule has 7 nitrogen and oxygen atoms in total. The van der Waals surface area contributed by atoms with Gasteiger partial charge in [-0.3, -0.25) is 4.79 Å². The fourth-order valence-corrected chi connectivity index (χ4v) is 2.53. The van der Waals surface area contributed by atoms with Gasteiger partial charge in [0.05, 0.1) is 19.3 Å². The van der Waals surface area contributed by atoms with Crippen molar-refractivity contribution in [2.24, 2.45) is 11.8 Å². The van der Waals surface area contributed by atoms with Gasteiger partial charge < -0.3 is 20.3 Å². The van der Waals surface area contributed by atoms with Crippen molar-refractivity contribution in [1.82, 2.24) is 15.5 Å². The van der Waals surface area contributed by atoms with E-state index in [2.05, 4.69) is 16.7 Å². The van der Waals surface area contributed by atoms with Crippen LogP contribution >= 0.6 is 0 Å². The molecule has 24 heavy (non-hydrogen) atoms. The molecule has 0 bridgehead atoms. The van der Waals surface area contributed by atoms with Crippen LogP contribution < -0.4 is 10.6 Å². The molecule has 0 aliphatic carbocycles. The number of hydrogen-bond donors (Lipinski definition) is 2. The molecule has 0 aromatic heterocycles. The Kier molecular flexibility index (Phi) is 9.16. The lowest BCUT2D eigenvalue weighted by molar-refractivity contribution is -0.123. The Hall–Kier alpha value is -1.81. The van der Waals surface area contributed by atoms with Crippen molar-refractivity contribution in [1.29, 1.82) is 5.26 Å². The summed E-state index contributed by atoms with van der Waals surface area (Å²) in [7, 11) is 0. The number of carbonyl (C=O) groups excluding carboxylic acids is 2. The molecule has 1 fully saturated rings. The van der Waals surface area contributed by atoms with Crippen molar-refractivity contribution >= 4 is 11.9 Å². The summed E-state index contributed by atoms with van der Waals surface area (Å²) in [5.41, 5.74) is 0. The summed E-state index contributed by atoms with van der Waals surface area (Å²) in [4.78, 5) is 26.4. The molecule has 3 amide bonds. The molecule has 2 atom stereocenters. The zero-order chi connectivity index (χ0) is 17.9. The van der Waals surface area contributed by atoms with Gasteiger partial charge in [0, 0.05) is 26.1 Å². The predicted octanol–water partition coefficient (Wildman–Crippen LogP) is 1.50. The Labute approximate surface area is 144 Å². The first-order valence-corrected chi connectivity index (χ1v) is 8.71. The fourth-order valence-electron chi connectivity index (χ4n) is 2.53. The van der Waals surface area contributed by atoms with E-state index in [9.17, 15) is 9.59 Å².